The molecule has 0 aromatic heterocycles. The second kappa shape index (κ2) is 34.1. The summed E-state index contributed by atoms with van der Waals surface area (Å²) in [6, 6.07) is 0. The zero-order chi connectivity index (χ0) is 82.7. The lowest BCUT2D eigenvalue weighted by atomic mass is 9.47. The van der Waals surface area contributed by atoms with Gasteiger partial charge in [0.2, 0.25) is 0 Å². The van der Waals surface area contributed by atoms with Gasteiger partial charge in [-0.3, -0.25) is 42.5 Å². The SMILES string of the molecule is CCC(C)(C)C(=O)OC1(C(C)C)C2CC3CC(C2)CC1C3.CCC(C)(C)C(=O)OC12CC3CC(CC(O)(C3)C1)C2.CCC(C)(C)C(=O)OC1C2CC3C(=O)OC1C3C2.CCC(C)(C)C(=O)OCCOC(=O)CCC(=O)OC1C2CC3C1OS(=O)(=O)C3C2.CCC(C)C(=O)OCC(=O)OCC(=O)OC1(C)C2CC3CC(C2)CC1C3. The van der Waals surface area contributed by atoms with Gasteiger partial charge in [-0.25, -0.2) is 9.59 Å². The van der Waals surface area contributed by atoms with E-state index in [1.165, 1.54) is 44.9 Å². The molecule has 2 heterocycles. The predicted octanol–water partition coefficient (Wildman–Crippen LogP) is 14.0. The van der Waals surface area contributed by atoms with Gasteiger partial charge in [-0.1, -0.05) is 55.4 Å². The molecule has 638 valence electrons. The average Bonchev–Trinajstić information content (AvgIpc) is 1.67. The maximum Gasteiger partial charge on any atom is 0.344 e. The second-order valence-electron chi connectivity index (χ2n) is 40.5. The summed E-state index contributed by atoms with van der Waals surface area (Å²) in [5.74, 6) is 3.87. The minimum atomic E-state index is -3.56. The van der Waals surface area contributed by atoms with Crippen molar-refractivity contribution < 1.29 is 113 Å². The van der Waals surface area contributed by atoms with Gasteiger partial charge in [0.15, 0.2) is 13.2 Å². The number of hydrogen-bond acceptors (Lipinski definition) is 24. The molecule has 18 fully saturated rings. The fourth-order valence-corrected chi connectivity index (χ4v) is 25.0. The molecule has 0 aromatic carbocycles. The second-order valence-corrected chi connectivity index (χ2v) is 42.3. The van der Waals surface area contributed by atoms with E-state index in [-0.39, 0.29) is 108 Å². The molecular weight excluding hydrogens is 1470 g/mol. The van der Waals surface area contributed by atoms with Crippen molar-refractivity contribution in [2.75, 3.05) is 26.4 Å². The van der Waals surface area contributed by atoms with E-state index in [9.17, 15) is 61.5 Å². The molecule has 113 heavy (non-hydrogen) atoms. The molecule has 25 heteroatoms. The molecule has 2 saturated heterocycles. The number of ether oxygens (including phenoxy) is 10. The number of fused-ring (bicyclic) bond motifs is 2. The average molecular weight is 1610 g/mol. The monoisotopic (exact) mass is 1610 g/mol. The van der Waals surface area contributed by atoms with Crippen molar-refractivity contribution in [3.63, 3.8) is 0 Å². The fourth-order valence-electron chi connectivity index (χ4n) is 23.2. The lowest BCUT2D eigenvalue weighted by Gasteiger charge is -2.62. The first-order valence-electron chi connectivity index (χ1n) is 43.4. The van der Waals surface area contributed by atoms with Crippen LogP contribution in [0.25, 0.3) is 0 Å². The molecule has 16 bridgehead atoms. The van der Waals surface area contributed by atoms with Crippen LogP contribution < -0.4 is 0 Å². The van der Waals surface area contributed by atoms with Gasteiger partial charge in [-0.15, -0.1) is 0 Å². The van der Waals surface area contributed by atoms with Crippen LogP contribution in [0.15, 0.2) is 0 Å². The third kappa shape index (κ3) is 18.9. The predicted molar refractivity (Wildman–Crippen MR) is 413 cm³/mol. The normalized spacial score (nSPS) is 38.0. The fraction of sp³-hybridized carbons (Fsp3) is 0.886. The van der Waals surface area contributed by atoms with E-state index in [2.05, 4.69) is 20.8 Å². The summed E-state index contributed by atoms with van der Waals surface area (Å²) in [5.41, 5.74) is -3.32. The third-order valence-corrected chi connectivity index (χ3v) is 32.6. The zero-order valence-corrected chi connectivity index (χ0v) is 71.7. The van der Waals surface area contributed by atoms with Crippen molar-refractivity contribution in [3.05, 3.63) is 0 Å². The van der Waals surface area contributed by atoms with E-state index < -0.39 is 98.1 Å². The van der Waals surface area contributed by atoms with Crippen molar-refractivity contribution in [2.45, 2.75) is 343 Å². The Kier molecular flexibility index (Phi) is 26.7. The molecule has 18 rings (SSSR count). The highest BCUT2D eigenvalue weighted by molar-refractivity contribution is 7.87. The van der Waals surface area contributed by atoms with E-state index >= 15 is 0 Å². The molecule has 2 aliphatic heterocycles. The van der Waals surface area contributed by atoms with Crippen molar-refractivity contribution in [1.29, 1.82) is 0 Å². The van der Waals surface area contributed by atoms with Gasteiger partial charge in [-0.2, -0.15) is 8.42 Å². The summed E-state index contributed by atoms with van der Waals surface area (Å²) in [6.07, 6.45) is 22.9. The number of aliphatic hydroxyl groups is 1. The minimum Gasteiger partial charge on any atom is -0.462 e. The summed E-state index contributed by atoms with van der Waals surface area (Å²) in [5, 5.41) is 10.2. The Balaban J connectivity index is 0.000000141. The van der Waals surface area contributed by atoms with Crippen molar-refractivity contribution >= 4 is 69.8 Å². The van der Waals surface area contributed by atoms with Crippen LogP contribution in [0.2, 0.25) is 0 Å². The molecule has 0 spiro atoms. The topological polar surface area (TPSA) is 327 Å². The first kappa shape index (κ1) is 88.4. The zero-order valence-electron chi connectivity index (χ0n) is 70.9. The Morgan fingerprint density at radius 2 is 0.956 bits per heavy atom. The lowest BCUT2D eigenvalue weighted by Crippen LogP contribution is -2.63. The number of rotatable bonds is 26. The summed E-state index contributed by atoms with van der Waals surface area (Å²) >= 11 is 0. The van der Waals surface area contributed by atoms with Crippen LogP contribution in [0, 0.1) is 122 Å². The Morgan fingerprint density at radius 1 is 0.487 bits per heavy atom. The molecule has 0 radical (unpaired) electrons. The molecule has 0 aromatic rings. The van der Waals surface area contributed by atoms with E-state index in [0.29, 0.717) is 85.4 Å². The van der Waals surface area contributed by atoms with Crippen LogP contribution in [0.5, 0.6) is 0 Å². The highest BCUT2D eigenvalue weighted by Gasteiger charge is 2.68. The van der Waals surface area contributed by atoms with Crippen LogP contribution in [-0.4, -0.2) is 152 Å². The Hall–Kier alpha value is -5.43. The van der Waals surface area contributed by atoms with E-state index in [0.717, 1.165) is 107 Å². The van der Waals surface area contributed by atoms with Crippen LogP contribution in [-0.2, 0) is 110 Å². The molecule has 1 N–H and O–H groups in total. The van der Waals surface area contributed by atoms with Gasteiger partial charge in [0.05, 0.1) is 57.2 Å². The van der Waals surface area contributed by atoms with Gasteiger partial charge in [0, 0.05) is 30.1 Å². The minimum absolute atomic E-state index is 0.00904. The highest BCUT2D eigenvalue weighted by atomic mass is 32.2. The molecule has 13 unspecified atom stereocenters. The largest absolute Gasteiger partial charge is 0.462 e. The van der Waals surface area contributed by atoms with E-state index in [4.69, 9.17) is 51.6 Å². The van der Waals surface area contributed by atoms with Crippen molar-refractivity contribution in [3.8, 4) is 0 Å². The van der Waals surface area contributed by atoms with Gasteiger partial charge < -0.3 is 52.5 Å². The number of hydrogen-bond donors (Lipinski definition) is 1. The van der Waals surface area contributed by atoms with Gasteiger partial charge in [-0.05, 0) is 282 Å². The Labute approximate surface area is 671 Å². The molecule has 16 saturated carbocycles. The molecule has 24 nitrogen and oxygen atoms in total. The number of carbonyl (C=O) groups excluding carboxylic acids is 10. The first-order valence-corrected chi connectivity index (χ1v) is 44.9. The first-order chi connectivity index (χ1) is 52.8. The smallest absolute Gasteiger partial charge is 0.344 e. The molecule has 18 aliphatic rings. The summed E-state index contributed by atoms with van der Waals surface area (Å²) in [7, 11) is -3.56. The number of carbonyl (C=O) groups is 10. The van der Waals surface area contributed by atoms with Gasteiger partial charge in [0.25, 0.3) is 10.1 Å². The maximum absolute atomic E-state index is 12.8. The quantitative estimate of drug-likeness (QED) is 0.0364. The van der Waals surface area contributed by atoms with Crippen molar-refractivity contribution in [1.82, 2.24) is 0 Å². The van der Waals surface area contributed by atoms with E-state index in [1.807, 2.05) is 76.2 Å². The van der Waals surface area contributed by atoms with Crippen molar-refractivity contribution in [2.24, 2.45) is 122 Å². The van der Waals surface area contributed by atoms with Gasteiger partial charge in [0.1, 0.15) is 54.4 Å². The van der Waals surface area contributed by atoms with Crippen LogP contribution in [0.4, 0.5) is 0 Å². The number of esters is 10. The van der Waals surface area contributed by atoms with Crippen LogP contribution in [0.1, 0.15) is 291 Å². The molecular formula is C88H136O24S. The Morgan fingerprint density at radius 3 is 1.49 bits per heavy atom. The lowest BCUT2D eigenvalue weighted by molar-refractivity contribution is -0.231. The van der Waals surface area contributed by atoms with Crippen LogP contribution >= 0.6 is 0 Å². The standard InChI is InChI=1S/C20H30O6.C19H28O9S.C19H32O2.C16H26O3.C14H20O4/c1-4-12(2)19(23)25-10-17(21)24-11-18(22)26-20(3)15-6-13-5-14(8-15)9-16(20)7-13;1-4-19(2,3)18(22)26-8-7-25-14(20)5-6-15(21)27-16-11-9-12-13(10-11)29(23,24)28-17(12)16;1-6-18(4,5)17(20)21-19(12(2)3)15-8-13-7-14(10-15)11-16(19)9-13;1-4-14(2,3)13(17)19-16-8-11-5-12(9-16)7-15(18,6-11)10-16;1-4-14(2,3)13(16)18-10-7-5-8-9(6-7)12(15)17-11(8)10/h12-16H,4-11H2,1-3H3;11-13,16-17H,4-10H2,1-3H3;12-16H,6-11H2,1-5H3;11-12,18H,4-10H2,1-3H3;7-11H,4-6H2,1-3H3. The van der Waals surface area contributed by atoms with E-state index in [1.54, 1.807) is 20.8 Å². The van der Waals surface area contributed by atoms with Crippen LogP contribution in [0.3, 0.4) is 0 Å². The summed E-state index contributed by atoms with van der Waals surface area (Å²) in [4.78, 5) is 120. The Bertz CT molecular complexity index is 3550. The highest BCUT2D eigenvalue weighted by Crippen LogP contribution is 2.64. The summed E-state index contributed by atoms with van der Waals surface area (Å²) in [6.45, 7) is 32.4. The molecule has 13 atom stereocenters. The van der Waals surface area contributed by atoms with Gasteiger partial charge >= 0.3 is 59.7 Å². The third-order valence-electron chi connectivity index (χ3n) is 30.9. The molecule has 16 aliphatic carbocycles. The molecule has 0 amide bonds. The summed E-state index contributed by atoms with van der Waals surface area (Å²) < 4.78 is 83.4. The maximum atomic E-state index is 12.8.